The van der Waals surface area contributed by atoms with Crippen molar-refractivity contribution in [3.63, 3.8) is 0 Å². The third kappa shape index (κ3) is 10.3. The summed E-state index contributed by atoms with van der Waals surface area (Å²) in [6, 6.07) is 8.31. The Labute approximate surface area is 189 Å². The normalized spacial score (nSPS) is 16.6. The van der Waals surface area contributed by atoms with E-state index in [0.717, 1.165) is 63.4 Å². The number of hydrogen-bond donors (Lipinski definition) is 2. The molecule has 2 aliphatic rings. The second kappa shape index (κ2) is 15.9. The van der Waals surface area contributed by atoms with Crippen LogP contribution >= 0.6 is 0 Å². The summed E-state index contributed by atoms with van der Waals surface area (Å²) >= 11 is 0. The summed E-state index contributed by atoms with van der Waals surface area (Å²) in [6.45, 7) is 3.79. The van der Waals surface area contributed by atoms with Crippen LogP contribution in [0.3, 0.4) is 0 Å². The minimum absolute atomic E-state index is 0.203. The fraction of sp³-hybridized carbons (Fsp3) is 0.692. The van der Waals surface area contributed by atoms with Crippen LogP contribution in [0, 0.1) is 11.3 Å². The molecule has 1 aromatic carbocycles. The molecule has 1 saturated heterocycles. The molecule has 1 saturated carbocycles. The number of nitrogens with one attached hydrogen (secondary N) is 1. The highest BCUT2D eigenvalue weighted by molar-refractivity contribution is 5.94. The largest absolute Gasteiger partial charge is 0.390 e. The van der Waals surface area contributed by atoms with E-state index in [0.29, 0.717) is 0 Å². The van der Waals surface area contributed by atoms with E-state index in [9.17, 15) is 4.79 Å². The maximum atomic E-state index is 12.4. The zero-order valence-electron chi connectivity index (χ0n) is 19.3. The lowest BCUT2D eigenvalue weighted by atomic mass is 9.90. The van der Waals surface area contributed by atoms with Crippen LogP contribution in [0.1, 0.15) is 93.0 Å². The van der Waals surface area contributed by atoms with Crippen molar-refractivity contribution in [2.75, 3.05) is 26.3 Å². The zero-order chi connectivity index (χ0) is 22.2. The third-order valence-electron chi connectivity index (χ3n) is 6.43. The molecule has 3 N–H and O–H groups in total. The van der Waals surface area contributed by atoms with Gasteiger partial charge in [-0.25, -0.2) is 0 Å². The molecule has 5 heteroatoms. The fourth-order valence-corrected chi connectivity index (χ4v) is 4.58. The first-order valence-electron chi connectivity index (χ1n) is 12.4. The third-order valence-corrected chi connectivity index (χ3v) is 6.43. The number of amides is 1. The van der Waals surface area contributed by atoms with Crippen molar-refractivity contribution in [2.24, 2.45) is 11.7 Å². The molecule has 3 rings (SSSR count). The number of hydrogen-bond acceptors (Lipinski definition) is 3. The summed E-state index contributed by atoms with van der Waals surface area (Å²) in [7, 11) is 0. The molecule has 0 spiro atoms. The van der Waals surface area contributed by atoms with Gasteiger partial charge in [0.05, 0.1) is 6.34 Å². The highest BCUT2D eigenvalue weighted by Crippen LogP contribution is 2.23. The summed E-state index contributed by atoms with van der Waals surface area (Å²) in [4.78, 5) is 14.4. The first-order chi connectivity index (χ1) is 15.2. The molecule has 2 fully saturated rings. The fourth-order valence-electron chi connectivity index (χ4n) is 4.58. The molecule has 5 nitrogen and oxygen atoms in total. The van der Waals surface area contributed by atoms with Gasteiger partial charge >= 0.3 is 0 Å². The van der Waals surface area contributed by atoms with Crippen molar-refractivity contribution < 1.29 is 9.53 Å². The highest BCUT2D eigenvalue weighted by Gasteiger charge is 2.19. The molecular weight excluding hydrogens is 386 g/mol. The van der Waals surface area contributed by atoms with Crippen LogP contribution in [0.5, 0.6) is 0 Å². The average Bonchev–Trinajstić information content (AvgIpc) is 3.34. The molecule has 0 radical (unpaired) electrons. The first-order valence-corrected chi connectivity index (χ1v) is 12.4. The number of rotatable bonds is 11. The van der Waals surface area contributed by atoms with Gasteiger partial charge in [-0.1, -0.05) is 50.7 Å². The summed E-state index contributed by atoms with van der Waals surface area (Å²) < 4.78 is 5.89. The Morgan fingerprint density at radius 2 is 1.58 bits per heavy atom. The molecule has 1 aliphatic carbocycles. The number of benzene rings is 1. The van der Waals surface area contributed by atoms with Gasteiger partial charge in [0, 0.05) is 31.9 Å². The number of ether oxygens (including phenoxy) is 1. The molecule has 0 unspecified atom stereocenters. The van der Waals surface area contributed by atoms with E-state index >= 15 is 0 Å². The predicted molar refractivity (Wildman–Crippen MR) is 129 cm³/mol. The van der Waals surface area contributed by atoms with E-state index in [-0.39, 0.29) is 5.91 Å². The van der Waals surface area contributed by atoms with Crippen LogP contribution in [0.4, 0.5) is 0 Å². The van der Waals surface area contributed by atoms with Crippen LogP contribution in [-0.4, -0.2) is 43.4 Å². The topological polar surface area (TPSA) is 79.4 Å². The van der Waals surface area contributed by atoms with Gasteiger partial charge in [-0.15, -0.1) is 0 Å². The van der Waals surface area contributed by atoms with E-state index < -0.39 is 0 Å². The highest BCUT2D eigenvalue weighted by atomic mass is 16.5. The van der Waals surface area contributed by atoms with Crippen molar-refractivity contribution >= 4 is 12.2 Å². The van der Waals surface area contributed by atoms with E-state index in [2.05, 4.69) is 17.9 Å². The Kier molecular flexibility index (Phi) is 13.0. The second-order valence-electron chi connectivity index (χ2n) is 8.96. The van der Waals surface area contributed by atoms with E-state index in [1.807, 2.05) is 17.0 Å². The molecule has 1 amide bonds. The Bertz CT molecular complexity index is 606. The van der Waals surface area contributed by atoms with Gasteiger partial charge < -0.3 is 15.4 Å². The van der Waals surface area contributed by atoms with Gasteiger partial charge in [-0.2, -0.15) is 0 Å². The molecule has 1 heterocycles. The van der Waals surface area contributed by atoms with Crippen LogP contribution < -0.4 is 5.73 Å². The van der Waals surface area contributed by atoms with Crippen LogP contribution in [-0.2, 0) is 11.2 Å². The molecule has 1 aliphatic heterocycles. The van der Waals surface area contributed by atoms with Gasteiger partial charge in [0.15, 0.2) is 0 Å². The first kappa shape index (κ1) is 25.4. The average molecular weight is 430 g/mol. The Morgan fingerprint density at radius 1 is 0.968 bits per heavy atom. The van der Waals surface area contributed by atoms with Gasteiger partial charge in [0.25, 0.3) is 5.91 Å². The van der Waals surface area contributed by atoms with Crippen LogP contribution in [0.2, 0.25) is 0 Å². The second-order valence-corrected chi connectivity index (χ2v) is 8.96. The lowest BCUT2D eigenvalue weighted by Crippen LogP contribution is -2.27. The predicted octanol–water partition coefficient (Wildman–Crippen LogP) is 5.56. The Balaban J connectivity index is 0.00000107. The smallest absolute Gasteiger partial charge is 0.253 e. The molecule has 0 aromatic heterocycles. The lowest BCUT2D eigenvalue weighted by Gasteiger charge is -2.21. The quantitative estimate of drug-likeness (QED) is 0.274. The summed E-state index contributed by atoms with van der Waals surface area (Å²) in [5.74, 6) is 1.04. The number of nitrogens with two attached hydrogens (primary N) is 1. The SMILES string of the molecule is N=CN.O=C(c1ccc(CCCCCCCOCC2CCCCC2)cc1)N1CCCC1. The molecule has 0 bridgehead atoms. The number of aryl methyl sites for hydroxylation is 1. The molecular formula is C26H43N3O2. The summed E-state index contributed by atoms with van der Waals surface area (Å²) in [5.41, 5.74) is 6.59. The Morgan fingerprint density at radius 3 is 2.26 bits per heavy atom. The maximum Gasteiger partial charge on any atom is 0.253 e. The number of nitrogens with zero attached hydrogens (tertiary/aromatic N) is 1. The van der Waals surface area contributed by atoms with Gasteiger partial charge in [0.2, 0.25) is 0 Å². The van der Waals surface area contributed by atoms with Crippen molar-refractivity contribution in [3.05, 3.63) is 35.4 Å². The monoisotopic (exact) mass is 429 g/mol. The van der Waals surface area contributed by atoms with Crippen molar-refractivity contribution in [1.82, 2.24) is 4.90 Å². The number of carbonyl (C=O) groups is 1. The minimum atomic E-state index is 0.203. The molecule has 0 atom stereocenters. The minimum Gasteiger partial charge on any atom is -0.390 e. The molecule has 31 heavy (non-hydrogen) atoms. The van der Waals surface area contributed by atoms with E-state index in [1.54, 1.807) is 0 Å². The molecule has 174 valence electrons. The summed E-state index contributed by atoms with van der Waals surface area (Å²) in [5, 5.41) is 5.86. The lowest BCUT2D eigenvalue weighted by molar-refractivity contribution is 0.0792. The van der Waals surface area contributed by atoms with Crippen LogP contribution in [0.15, 0.2) is 24.3 Å². The number of likely N-dealkylation sites (tertiary alicyclic amines) is 1. The maximum absolute atomic E-state index is 12.4. The summed E-state index contributed by atoms with van der Waals surface area (Å²) in [6.07, 6.45) is 17.5. The standard InChI is InChI=1S/C25H39NO2.CH4N2/c27-25(26-18-8-9-19-26)24-16-14-22(15-17-24)11-5-2-1-3-10-20-28-21-23-12-6-4-7-13-23;2-1-3/h14-17,23H,1-13,18-21H2;1H,(H3,2,3). The zero-order valence-corrected chi connectivity index (χ0v) is 19.3. The number of carbonyl (C=O) groups excluding carboxylic acids is 1. The van der Waals surface area contributed by atoms with Gasteiger partial charge in [-0.3, -0.25) is 10.2 Å². The van der Waals surface area contributed by atoms with Crippen molar-refractivity contribution in [2.45, 2.75) is 83.5 Å². The molecule has 1 aromatic rings. The van der Waals surface area contributed by atoms with E-state index in [4.69, 9.17) is 10.1 Å². The number of unbranched alkanes of at least 4 members (excludes halogenated alkanes) is 4. The van der Waals surface area contributed by atoms with Gasteiger partial charge in [-0.05, 0) is 68.6 Å². The van der Waals surface area contributed by atoms with Gasteiger partial charge in [0.1, 0.15) is 0 Å². The van der Waals surface area contributed by atoms with Crippen molar-refractivity contribution in [1.29, 1.82) is 5.41 Å². The Hall–Kier alpha value is -1.88. The van der Waals surface area contributed by atoms with E-state index in [1.165, 1.54) is 69.8 Å². The van der Waals surface area contributed by atoms with Crippen molar-refractivity contribution in [3.8, 4) is 0 Å². The van der Waals surface area contributed by atoms with Crippen LogP contribution in [0.25, 0.3) is 0 Å².